The van der Waals surface area contributed by atoms with Crippen LogP contribution in [0.4, 0.5) is 18.6 Å². The number of halogens is 2. The van der Waals surface area contributed by atoms with Crippen LogP contribution < -0.4 is 21.1 Å². The number of aromatic nitrogens is 1. The van der Waals surface area contributed by atoms with Crippen LogP contribution >= 0.6 is 11.5 Å². The molecule has 5 rings (SSSR count). The summed E-state index contributed by atoms with van der Waals surface area (Å²) in [5.41, 5.74) is 4.84. The molecule has 9 nitrogen and oxygen atoms in total. The summed E-state index contributed by atoms with van der Waals surface area (Å²) in [7, 11) is 2.15. The number of nitrogens with zero attached hydrogens (tertiary/aromatic N) is 3. The molecule has 2 aromatic carbocycles. The van der Waals surface area contributed by atoms with E-state index in [1.165, 1.54) is 18.6 Å². The van der Waals surface area contributed by atoms with Gasteiger partial charge in [0.25, 0.3) is 12.3 Å². The SMILES string of the molecule is CN1CC2CC1CN2CCCNC(=O)Nc1snc(OC(F)c2cc3ccccc3cc2F)c1C(N)=O. The molecule has 0 saturated carbocycles. The molecule has 2 saturated heterocycles. The van der Waals surface area contributed by atoms with Crippen LogP contribution in [0.3, 0.4) is 0 Å². The van der Waals surface area contributed by atoms with Crippen molar-refractivity contribution in [2.75, 3.05) is 38.5 Å². The first-order valence-corrected chi connectivity index (χ1v) is 12.8. The van der Waals surface area contributed by atoms with Gasteiger partial charge in [0.15, 0.2) is 0 Å². The van der Waals surface area contributed by atoms with Crippen LogP contribution in [0.2, 0.25) is 0 Å². The largest absolute Gasteiger partial charge is 0.437 e. The molecular weight excluding hydrogens is 502 g/mol. The zero-order valence-corrected chi connectivity index (χ0v) is 21.1. The average Bonchev–Trinajstić information content (AvgIpc) is 3.55. The number of nitrogens with one attached hydrogen (secondary N) is 2. The lowest BCUT2D eigenvalue weighted by Gasteiger charge is -2.31. The molecule has 2 aliphatic rings. The Morgan fingerprint density at radius 3 is 2.68 bits per heavy atom. The minimum atomic E-state index is -2.24. The summed E-state index contributed by atoms with van der Waals surface area (Å²) in [4.78, 5) is 29.3. The van der Waals surface area contributed by atoms with Crippen molar-refractivity contribution >= 4 is 39.2 Å². The molecule has 3 unspecified atom stereocenters. The molecule has 4 N–H and O–H groups in total. The molecule has 3 amide bonds. The van der Waals surface area contributed by atoms with E-state index >= 15 is 0 Å². The number of carbonyl (C=O) groups excluding carboxylic acids is 2. The van der Waals surface area contributed by atoms with E-state index in [1.807, 2.05) is 0 Å². The molecule has 0 radical (unpaired) electrons. The molecule has 3 atom stereocenters. The van der Waals surface area contributed by atoms with Crippen LogP contribution in [0.25, 0.3) is 10.8 Å². The summed E-state index contributed by atoms with van der Waals surface area (Å²) in [6, 6.07) is 10.1. The number of benzene rings is 2. The van der Waals surface area contributed by atoms with Crippen molar-refractivity contribution in [3.05, 3.63) is 53.3 Å². The summed E-state index contributed by atoms with van der Waals surface area (Å²) in [6.45, 7) is 3.47. The summed E-state index contributed by atoms with van der Waals surface area (Å²) in [5.74, 6) is -2.17. The van der Waals surface area contributed by atoms with Crippen molar-refractivity contribution in [1.82, 2.24) is 19.5 Å². The highest BCUT2D eigenvalue weighted by atomic mass is 32.1. The number of nitrogens with two attached hydrogens (primary N) is 1. The number of hydrogen-bond donors (Lipinski definition) is 3. The minimum Gasteiger partial charge on any atom is -0.437 e. The summed E-state index contributed by atoms with van der Waals surface area (Å²) >= 11 is 0.724. The number of likely N-dealkylation sites (tertiary alicyclic amines) is 2. The molecule has 196 valence electrons. The van der Waals surface area contributed by atoms with E-state index in [0.29, 0.717) is 29.4 Å². The lowest BCUT2D eigenvalue weighted by atomic mass is 10.1. The van der Waals surface area contributed by atoms with Gasteiger partial charge >= 0.3 is 6.03 Å². The van der Waals surface area contributed by atoms with Gasteiger partial charge in [0.05, 0.1) is 5.56 Å². The van der Waals surface area contributed by atoms with Gasteiger partial charge in [0.1, 0.15) is 16.4 Å². The number of anilines is 1. The fourth-order valence-electron chi connectivity index (χ4n) is 5.08. The highest BCUT2D eigenvalue weighted by Gasteiger charge is 2.40. The topological polar surface area (TPSA) is 113 Å². The number of amides is 3. The van der Waals surface area contributed by atoms with Gasteiger partial charge in [-0.1, -0.05) is 24.3 Å². The number of likely N-dealkylation sites (N-methyl/N-ethyl adjacent to an activating group) is 1. The maximum Gasteiger partial charge on any atom is 0.319 e. The Morgan fingerprint density at radius 2 is 2.00 bits per heavy atom. The Hall–Kier alpha value is -3.35. The van der Waals surface area contributed by atoms with Crippen molar-refractivity contribution in [2.45, 2.75) is 31.3 Å². The summed E-state index contributed by atoms with van der Waals surface area (Å²) in [5, 5.41) is 6.54. The van der Waals surface area contributed by atoms with Gasteiger partial charge in [-0.05, 0) is 54.3 Å². The van der Waals surface area contributed by atoms with Crippen molar-refractivity contribution in [3.63, 3.8) is 0 Å². The molecule has 0 aliphatic carbocycles. The quantitative estimate of drug-likeness (QED) is 0.365. The Bertz CT molecular complexity index is 1320. The number of carbonyl (C=O) groups is 2. The zero-order chi connectivity index (χ0) is 26.1. The molecule has 2 bridgehead atoms. The molecule has 2 aliphatic heterocycles. The molecule has 12 heteroatoms. The van der Waals surface area contributed by atoms with Crippen LogP contribution in [-0.2, 0) is 0 Å². The highest BCUT2D eigenvalue weighted by Crippen LogP contribution is 2.35. The van der Waals surface area contributed by atoms with E-state index in [9.17, 15) is 18.4 Å². The Morgan fingerprint density at radius 1 is 1.24 bits per heavy atom. The lowest BCUT2D eigenvalue weighted by Crippen LogP contribution is -2.45. The number of urea groups is 1. The zero-order valence-electron chi connectivity index (χ0n) is 20.2. The molecule has 0 spiro atoms. The first kappa shape index (κ1) is 25.3. The number of rotatable bonds is 9. The second-order valence-electron chi connectivity index (χ2n) is 9.42. The highest BCUT2D eigenvalue weighted by molar-refractivity contribution is 7.11. The standard InChI is InChI=1S/C25H28F2N6O3S/c1-32-12-17-11-16(32)13-33(17)8-4-7-29-25(35)30-24-20(22(28)34)23(31-37-24)36-21(27)18-9-14-5-2-3-6-15(14)10-19(18)26/h2-3,5-6,9-10,16-17,21H,4,7-8,11-13H2,1H3,(H2,28,34)(H2,29,30,35). The summed E-state index contributed by atoms with van der Waals surface area (Å²) in [6.07, 6.45) is -0.267. The molecule has 3 aromatic rings. The van der Waals surface area contributed by atoms with Gasteiger partial charge in [0.2, 0.25) is 5.88 Å². The Kier molecular flexibility index (Phi) is 7.22. The monoisotopic (exact) mass is 530 g/mol. The lowest BCUT2D eigenvalue weighted by molar-refractivity contribution is 0.0587. The third kappa shape index (κ3) is 5.36. The third-order valence-corrected chi connectivity index (χ3v) is 7.74. The first-order chi connectivity index (χ1) is 17.8. The van der Waals surface area contributed by atoms with Crippen LogP contribution in [-0.4, -0.2) is 71.4 Å². The average molecular weight is 531 g/mol. The maximum atomic E-state index is 15.0. The fourth-order valence-corrected chi connectivity index (χ4v) is 5.80. The van der Waals surface area contributed by atoms with Crippen LogP contribution in [0.15, 0.2) is 36.4 Å². The van der Waals surface area contributed by atoms with E-state index < -0.39 is 30.0 Å². The van der Waals surface area contributed by atoms with Gasteiger partial charge in [0, 0.05) is 38.3 Å². The molecule has 1 aromatic heterocycles. The predicted octanol–water partition coefficient (Wildman–Crippen LogP) is 3.48. The number of primary amides is 1. The van der Waals surface area contributed by atoms with E-state index in [0.717, 1.165) is 37.6 Å². The van der Waals surface area contributed by atoms with Gasteiger partial charge in [-0.2, -0.15) is 8.76 Å². The van der Waals surface area contributed by atoms with Crippen molar-refractivity contribution in [3.8, 4) is 5.88 Å². The molecule has 37 heavy (non-hydrogen) atoms. The van der Waals surface area contributed by atoms with Crippen LogP contribution in [0.1, 0.15) is 35.1 Å². The normalized spacial score (nSPS) is 20.3. The van der Waals surface area contributed by atoms with Crippen molar-refractivity contribution in [1.29, 1.82) is 0 Å². The van der Waals surface area contributed by atoms with E-state index in [4.69, 9.17) is 10.5 Å². The number of ether oxygens (including phenoxy) is 1. The van der Waals surface area contributed by atoms with Gasteiger partial charge in [-0.15, -0.1) is 0 Å². The van der Waals surface area contributed by atoms with Gasteiger partial charge in [-0.25, -0.2) is 9.18 Å². The van der Waals surface area contributed by atoms with Gasteiger partial charge in [-0.3, -0.25) is 15.0 Å². The number of fused-ring (bicyclic) bond motifs is 3. The molecule has 3 heterocycles. The maximum absolute atomic E-state index is 15.0. The van der Waals surface area contributed by atoms with E-state index in [-0.39, 0.29) is 16.1 Å². The third-order valence-electron chi connectivity index (χ3n) is 6.99. The Labute approximate surface area is 216 Å². The number of piperazine rings is 1. The van der Waals surface area contributed by atoms with E-state index in [1.54, 1.807) is 24.3 Å². The number of hydrogen-bond acceptors (Lipinski definition) is 7. The summed E-state index contributed by atoms with van der Waals surface area (Å²) < 4.78 is 38.6. The fraction of sp³-hybridized carbons (Fsp3) is 0.400. The van der Waals surface area contributed by atoms with Gasteiger partial charge < -0.3 is 20.7 Å². The first-order valence-electron chi connectivity index (χ1n) is 12.1. The Balaban J connectivity index is 1.17. The van der Waals surface area contributed by atoms with Crippen molar-refractivity contribution in [2.24, 2.45) is 5.73 Å². The van der Waals surface area contributed by atoms with Crippen molar-refractivity contribution < 1.29 is 23.1 Å². The smallest absolute Gasteiger partial charge is 0.319 e. The van der Waals surface area contributed by atoms with Crippen LogP contribution in [0, 0.1) is 5.82 Å². The minimum absolute atomic E-state index is 0.0195. The molecule has 2 fully saturated rings. The van der Waals surface area contributed by atoms with E-state index in [2.05, 4.69) is 31.9 Å². The second-order valence-corrected chi connectivity index (χ2v) is 10.2. The number of alkyl halides is 1. The van der Waals surface area contributed by atoms with Crippen LogP contribution in [0.5, 0.6) is 5.88 Å². The predicted molar refractivity (Wildman–Crippen MR) is 137 cm³/mol. The second kappa shape index (κ2) is 10.6. The molecular formula is C25H28F2N6O3S.